The molecule has 2 N–H and O–H groups in total. The second-order valence-electron chi connectivity index (χ2n) is 3.78. The summed E-state index contributed by atoms with van der Waals surface area (Å²) in [5.74, 6) is -1.13. The first-order valence-electron chi connectivity index (χ1n) is 5.09. The molecule has 0 fully saturated rings. The summed E-state index contributed by atoms with van der Waals surface area (Å²) in [6.45, 7) is 0.562. The summed E-state index contributed by atoms with van der Waals surface area (Å²) in [5.41, 5.74) is 0.736. The molecule has 0 aromatic carbocycles. The van der Waals surface area contributed by atoms with Gasteiger partial charge in [0.2, 0.25) is 5.91 Å². The van der Waals surface area contributed by atoms with Crippen LogP contribution < -0.4 is 5.32 Å². The second-order valence-corrected chi connectivity index (χ2v) is 3.78. The molecule has 0 unspecified atom stereocenters. The Balaban J connectivity index is 2.77. The summed E-state index contributed by atoms with van der Waals surface area (Å²) in [5, 5.41) is 15.4. The highest BCUT2D eigenvalue weighted by Crippen LogP contribution is 2.09. The fourth-order valence-corrected chi connectivity index (χ4v) is 1.46. The molecule has 0 aliphatic rings. The molecule has 0 aliphatic heterocycles. The van der Waals surface area contributed by atoms with Gasteiger partial charge >= 0.3 is 5.97 Å². The number of aromatic nitrogens is 2. The van der Waals surface area contributed by atoms with Gasteiger partial charge in [0.25, 0.3) is 0 Å². The lowest BCUT2D eigenvalue weighted by Gasteiger charge is -2.16. The van der Waals surface area contributed by atoms with E-state index < -0.39 is 5.97 Å². The minimum absolute atomic E-state index is 0.119. The number of carbonyl (C=O) groups is 2. The van der Waals surface area contributed by atoms with E-state index in [1.165, 1.54) is 10.9 Å². The maximum Gasteiger partial charge on any atom is 0.339 e. The number of hydrogen-bond acceptors (Lipinski definition) is 4. The van der Waals surface area contributed by atoms with Crippen molar-refractivity contribution in [2.45, 2.75) is 6.54 Å². The van der Waals surface area contributed by atoms with Crippen molar-refractivity contribution in [1.29, 1.82) is 0 Å². The van der Waals surface area contributed by atoms with E-state index in [4.69, 9.17) is 5.11 Å². The van der Waals surface area contributed by atoms with Crippen LogP contribution in [0.25, 0.3) is 0 Å². The molecule has 7 heteroatoms. The zero-order chi connectivity index (χ0) is 13.0. The van der Waals surface area contributed by atoms with E-state index in [2.05, 4.69) is 10.4 Å². The van der Waals surface area contributed by atoms with E-state index in [0.29, 0.717) is 12.2 Å². The van der Waals surface area contributed by atoms with Gasteiger partial charge in [0.05, 0.1) is 18.4 Å². The summed E-state index contributed by atoms with van der Waals surface area (Å²) in [6, 6.07) is 0. The Morgan fingerprint density at radius 3 is 2.76 bits per heavy atom. The van der Waals surface area contributed by atoms with Gasteiger partial charge in [-0.25, -0.2) is 4.79 Å². The Bertz CT molecular complexity index is 427. The van der Waals surface area contributed by atoms with Crippen molar-refractivity contribution in [3.8, 4) is 0 Å². The monoisotopic (exact) mass is 240 g/mol. The van der Waals surface area contributed by atoms with Crippen LogP contribution in [0.2, 0.25) is 0 Å². The number of likely N-dealkylation sites (N-methyl/N-ethyl adjacent to an activating group) is 2. The molecule has 0 saturated carbocycles. The van der Waals surface area contributed by atoms with Crippen LogP contribution in [-0.4, -0.2) is 52.3 Å². The van der Waals surface area contributed by atoms with Crippen molar-refractivity contribution in [1.82, 2.24) is 20.0 Å². The number of nitrogens with zero attached hydrogens (tertiary/aromatic N) is 3. The Labute approximate surface area is 99.0 Å². The number of hydrogen-bond donors (Lipinski definition) is 2. The van der Waals surface area contributed by atoms with E-state index in [1.54, 1.807) is 26.0 Å². The summed E-state index contributed by atoms with van der Waals surface area (Å²) < 4.78 is 1.50. The van der Waals surface area contributed by atoms with Crippen LogP contribution in [0, 0.1) is 0 Å². The van der Waals surface area contributed by atoms with Crippen LogP contribution in [-0.2, 0) is 18.4 Å². The van der Waals surface area contributed by atoms with Crippen LogP contribution in [0.3, 0.4) is 0 Å². The summed E-state index contributed by atoms with van der Waals surface area (Å²) in [6.07, 6.45) is 1.31. The van der Waals surface area contributed by atoms with Crippen LogP contribution in [0.15, 0.2) is 6.20 Å². The van der Waals surface area contributed by atoms with E-state index in [-0.39, 0.29) is 18.0 Å². The molecule has 0 spiro atoms. The summed E-state index contributed by atoms with van der Waals surface area (Å²) >= 11 is 0. The number of aryl methyl sites for hydroxylation is 1. The zero-order valence-corrected chi connectivity index (χ0v) is 10.1. The Hall–Kier alpha value is -1.89. The molecule has 0 atom stereocenters. The molecule has 1 amide bonds. The van der Waals surface area contributed by atoms with Crippen molar-refractivity contribution >= 4 is 11.9 Å². The lowest BCUT2D eigenvalue weighted by Crippen LogP contribution is -2.33. The van der Waals surface area contributed by atoms with Crippen molar-refractivity contribution < 1.29 is 14.7 Å². The van der Waals surface area contributed by atoms with Gasteiger partial charge in [-0.2, -0.15) is 5.10 Å². The lowest BCUT2D eigenvalue weighted by molar-refractivity contribution is -0.121. The molecule has 0 radical (unpaired) electrons. The fraction of sp³-hybridized carbons (Fsp3) is 0.500. The lowest BCUT2D eigenvalue weighted by atomic mass is 10.2. The maximum atomic E-state index is 11.2. The van der Waals surface area contributed by atoms with Gasteiger partial charge in [0, 0.05) is 20.6 Å². The first-order valence-corrected chi connectivity index (χ1v) is 5.09. The fourth-order valence-electron chi connectivity index (χ4n) is 1.46. The number of amides is 1. The molecule has 1 aromatic rings. The third-order valence-electron chi connectivity index (χ3n) is 2.40. The van der Waals surface area contributed by atoms with Crippen LogP contribution >= 0.6 is 0 Å². The molecule has 1 rings (SSSR count). The van der Waals surface area contributed by atoms with Gasteiger partial charge in [-0.3, -0.25) is 14.4 Å². The molecule has 1 heterocycles. The Morgan fingerprint density at radius 2 is 2.24 bits per heavy atom. The van der Waals surface area contributed by atoms with Gasteiger partial charge in [0.1, 0.15) is 5.56 Å². The highest BCUT2D eigenvalue weighted by atomic mass is 16.4. The first kappa shape index (κ1) is 13.2. The highest BCUT2D eigenvalue weighted by Gasteiger charge is 2.17. The number of carbonyl (C=O) groups excluding carboxylic acids is 1. The number of rotatable bonds is 5. The first-order chi connectivity index (χ1) is 7.95. The minimum Gasteiger partial charge on any atom is -0.478 e. The van der Waals surface area contributed by atoms with Gasteiger partial charge < -0.3 is 10.4 Å². The van der Waals surface area contributed by atoms with Gasteiger partial charge in [-0.1, -0.05) is 0 Å². The van der Waals surface area contributed by atoms with Gasteiger partial charge in [-0.05, 0) is 7.05 Å². The normalized spacial score (nSPS) is 10.6. The average Bonchev–Trinajstić information content (AvgIpc) is 2.60. The Kier molecular flexibility index (Phi) is 4.22. The second kappa shape index (κ2) is 5.44. The van der Waals surface area contributed by atoms with Crippen molar-refractivity contribution in [3.05, 3.63) is 17.5 Å². The van der Waals surface area contributed by atoms with E-state index in [0.717, 1.165) is 0 Å². The summed E-state index contributed by atoms with van der Waals surface area (Å²) in [4.78, 5) is 23.8. The number of aromatic carboxylic acids is 1. The molecule has 0 saturated heterocycles. The van der Waals surface area contributed by atoms with Crippen LogP contribution in [0.1, 0.15) is 16.1 Å². The zero-order valence-electron chi connectivity index (χ0n) is 10.1. The third-order valence-corrected chi connectivity index (χ3v) is 2.40. The van der Waals surface area contributed by atoms with Crippen molar-refractivity contribution in [2.24, 2.45) is 7.05 Å². The molecule has 1 aromatic heterocycles. The number of carboxylic acids is 1. The summed E-state index contributed by atoms with van der Waals surface area (Å²) in [7, 11) is 4.98. The SMILES string of the molecule is CNC(=O)CN(C)Cc1c(C(=O)O)cnn1C. The smallest absolute Gasteiger partial charge is 0.339 e. The molecular formula is C10H16N4O3. The molecule has 94 valence electrons. The molecule has 17 heavy (non-hydrogen) atoms. The van der Waals surface area contributed by atoms with E-state index in [1.807, 2.05) is 0 Å². The number of nitrogens with one attached hydrogen (secondary N) is 1. The third kappa shape index (κ3) is 3.28. The standard InChI is InChI=1S/C10H16N4O3/c1-11-9(15)6-13(2)5-8-7(10(16)17)4-12-14(8)3/h4H,5-6H2,1-3H3,(H,11,15)(H,16,17). The minimum atomic E-state index is -1.01. The average molecular weight is 240 g/mol. The van der Waals surface area contributed by atoms with Crippen LogP contribution in [0.5, 0.6) is 0 Å². The topological polar surface area (TPSA) is 87.5 Å². The quantitative estimate of drug-likeness (QED) is 0.710. The maximum absolute atomic E-state index is 11.2. The van der Waals surface area contributed by atoms with E-state index in [9.17, 15) is 9.59 Å². The number of carboxylic acid groups (broad SMARTS) is 1. The predicted molar refractivity (Wildman–Crippen MR) is 60.6 cm³/mol. The van der Waals surface area contributed by atoms with Crippen LogP contribution in [0.4, 0.5) is 0 Å². The molecular weight excluding hydrogens is 224 g/mol. The largest absolute Gasteiger partial charge is 0.478 e. The predicted octanol–water partition coefficient (Wildman–Crippen LogP) is -0.704. The highest BCUT2D eigenvalue weighted by molar-refractivity contribution is 5.88. The molecule has 0 bridgehead atoms. The molecule has 7 nitrogen and oxygen atoms in total. The van der Waals surface area contributed by atoms with Gasteiger partial charge in [0.15, 0.2) is 0 Å². The Morgan fingerprint density at radius 1 is 1.59 bits per heavy atom. The van der Waals surface area contributed by atoms with Crippen molar-refractivity contribution in [2.75, 3.05) is 20.6 Å². The molecule has 0 aliphatic carbocycles. The van der Waals surface area contributed by atoms with Gasteiger partial charge in [-0.15, -0.1) is 0 Å². The van der Waals surface area contributed by atoms with E-state index >= 15 is 0 Å². The van der Waals surface area contributed by atoms with Crippen molar-refractivity contribution in [3.63, 3.8) is 0 Å².